The van der Waals surface area contributed by atoms with E-state index in [0.717, 1.165) is 11.3 Å². The van der Waals surface area contributed by atoms with Crippen molar-refractivity contribution in [3.8, 4) is 5.75 Å². The summed E-state index contributed by atoms with van der Waals surface area (Å²) >= 11 is 0. The van der Waals surface area contributed by atoms with Gasteiger partial charge in [0.1, 0.15) is 5.75 Å². The molecule has 0 amide bonds. The average Bonchev–Trinajstić information content (AvgIpc) is 2.39. The predicted molar refractivity (Wildman–Crippen MR) is 74.4 cm³/mol. The number of para-hydroxylation sites is 1. The van der Waals surface area contributed by atoms with Crippen LogP contribution in [0.2, 0.25) is 0 Å². The van der Waals surface area contributed by atoms with Gasteiger partial charge in [-0.2, -0.15) is 0 Å². The minimum absolute atomic E-state index is 0.228. The summed E-state index contributed by atoms with van der Waals surface area (Å²) in [4.78, 5) is 11.2. The van der Waals surface area contributed by atoms with Crippen LogP contribution in [0.25, 0.3) is 0 Å². The number of methoxy groups -OCH3 is 1. The fourth-order valence-corrected chi connectivity index (χ4v) is 1.84. The van der Waals surface area contributed by atoms with E-state index in [1.807, 2.05) is 25.1 Å². The molecule has 0 aromatic heterocycles. The lowest BCUT2D eigenvalue weighted by Crippen LogP contribution is -2.03. The second-order valence-corrected chi connectivity index (χ2v) is 4.18. The van der Waals surface area contributed by atoms with Crippen LogP contribution in [0.1, 0.15) is 15.9 Å². The molecule has 4 nitrogen and oxygen atoms in total. The Morgan fingerprint density at radius 3 is 2.58 bits per heavy atom. The lowest BCUT2D eigenvalue weighted by atomic mass is 10.1. The van der Waals surface area contributed by atoms with Gasteiger partial charge in [0.05, 0.1) is 24.0 Å². The largest absolute Gasteiger partial charge is 0.495 e. The van der Waals surface area contributed by atoms with Crippen molar-refractivity contribution in [3.05, 3.63) is 53.6 Å². The van der Waals surface area contributed by atoms with E-state index in [1.165, 1.54) is 0 Å². The van der Waals surface area contributed by atoms with Crippen LogP contribution in [0.5, 0.6) is 5.75 Å². The van der Waals surface area contributed by atoms with Crippen LogP contribution >= 0.6 is 0 Å². The number of hydrogen-bond acceptors (Lipinski definition) is 3. The van der Waals surface area contributed by atoms with Gasteiger partial charge in [-0.1, -0.05) is 18.2 Å². The molecule has 0 saturated heterocycles. The Balaban J connectivity index is 2.41. The van der Waals surface area contributed by atoms with Gasteiger partial charge in [0, 0.05) is 0 Å². The van der Waals surface area contributed by atoms with Crippen molar-refractivity contribution >= 4 is 17.3 Å². The number of carbonyl (C=O) groups is 1. The number of rotatable bonds is 4. The summed E-state index contributed by atoms with van der Waals surface area (Å²) < 4.78 is 5.26. The standard InChI is InChI=1S/C15H15NO3/c1-10-7-8-14(19-2)13(9-10)16-12-6-4-3-5-11(12)15(17)18/h3-9,16H,1-2H3,(H,17,18). The fourth-order valence-electron chi connectivity index (χ4n) is 1.84. The normalized spacial score (nSPS) is 10.0. The molecule has 0 heterocycles. The number of carboxylic acid groups (broad SMARTS) is 1. The molecule has 98 valence electrons. The number of anilines is 2. The molecule has 0 aliphatic rings. The van der Waals surface area contributed by atoms with E-state index in [2.05, 4.69) is 5.32 Å². The molecule has 2 rings (SSSR count). The van der Waals surface area contributed by atoms with E-state index in [1.54, 1.807) is 31.4 Å². The minimum atomic E-state index is -0.963. The highest BCUT2D eigenvalue weighted by Gasteiger charge is 2.11. The van der Waals surface area contributed by atoms with Gasteiger partial charge in [-0.15, -0.1) is 0 Å². The average molecular weight is 257 g/mol. The molecular weight excluding hydrogens is 242 g/mol. The van der Waals surface area contributed by atoms with E-state index in [9.17, 15) is 4.79 Å². The number of nitrogens with one attached hydrogen (secondary N) is 1. The summed E-state index contributed by atoms with van der Waals surface area (Å²) in [6.45, 7) is 1.97. The number of aromatic carboxylic acids is 1. The Hall–Kier alpha value is -2.49. The van der Waals surface area contributed by atoms with Gasteiger partial charge in [0.15, 0.2) is 0 Å². The third kappa shape index (κ3) is 2.85. The monoisotopic (exact) mass is 257 g/mol. The smallest absolute Gasteiger partial charge is 0.337 e. The second kappa shape index (κ2) is 5.44. The summed E-state index contributed by atoms with van der Waals surface area (Å²) in [5.41, 5.74) is 2.58. The van der Waals surface area contributed by atoms with Crippen LogP contribution in [0.4, 0.5) is 11.4 Å². The molecule has 0 bridgehead atoms. The van der Waals surface area contributed by atoms with Crippen molar-refractivity contribution in [1.82, 2.24) is 0 Å². The van der Waals surface area contributed by atoms with Crippen molar-refractivity contribution in [1.29, 1.82) is 0 Å². The Bertz CT molecular complexity index is 608. The molecule has 4 heteroatoms. The van der Waals surface area contributed by atoms with Gasteiger partial charge in [-0.05, 0) is 36.8 Å². The van der Waals surface area contributed by atoms with Gasteiger partial charge in [0.25, 0.3) is 0 Å². The summed E-state index contributed by atoms with van der Waals surface area (Å²) in [5.74, 6) is -0.291. The maximum atomic E-state index is 11.2. The first kappa shape index (κ1) is 13.0. The van der Waals surface area contributed by atoms with Gasteiger partial charge >= 0.3 is 5.97 Å². The highest BCUT2D eigenvalue weighted by molar-refractivity contribution is 5.95. The lowest BCUT2D eigenvalue weighted by molar-refractivity contribution is 0.0698. The van der Waals surface area contributed by atoms with Gasteiger partial charge in [-0.3, -0.25) is 0 Å². The van der Waals surface area contributed by atoms with Crippen molar-refractivity contribution in [3.63, 3.8) is 0 Å². The van der Waals surface area contributed by atoms with Crippen molar-refractivity contribution in [2.24, 2.45) is 0 Å². The Kier molecular flexibility index (Phi) is 3.71. The zero-order valence-corrected chi connectivity index (χ0v) is 10.8. The number of benzene rings is 2. The quantitative estimate of drug-likeness (QED) is 0.880. The second-order valence-electron chi connectivity index (χ2n) is 4.18. The molecule has 2 N–H and O–H groups in total. The number of carboxylic acids is 1. The molecule has 0 radical (unpaired) electrons. The van der Waals surface area contributed by atoms with Crippen LogP contribution in [-0.4, -0.2) is 18.2 Å². The molecule has 0 aliphatic carbocycles. The molecule has 0 fully saturated rings. The minimum Gasteiger partial charge on any atom is -0.495 e. The Labute approximate surface area is 111 Å². The Morgan fingerprint density at radius 2 is 1.89 bits per heavy atom. The first-order valence-corrected chi connectivity index (χ1v) is 5.86. The molecular formula is C15H15NO3. The topological polar surface area (TPSA) is 58.6 Å². The molecule has 0 spiro atoms. The summed E-state index contributed by atoms with van der Waals surface area (Å²) in [6, 6.07) is 12.5. The van der Waals surface area contributed by atoms with Crippen LogP contribution in [0.15, 0.2) is 42.5 Å². The molecule has 0 aliphatic heterocycles. The van der Waals surface area contributed by atoms with Gasteiger partial charge in [-0.25, -0.2) is 4.79 Å². The summed E-state index contributed by atoms with van der Waals surface area (Å²) in [5, 5.41) is 12.3. The first-order valence-electron chi connectivity index (χ1n) is 5.86. The van der Waals surface area contributed by atoms with E-state index >= 15 is 0 Å². The highest BCUT2D eigenvalue weighted by atomic mass is 16.5. The third-order valence-corrected chi connectivity index (χ3v) is 2.78. The summed E-state index contributed by atoms with van der Waals surface area (Å²) in [6.07, 6.45) is 0. The van der Waals surface area contributed by atoms with E-state index in [4.69, 9.17) is 9.84 Å². The number of ether oxygens (including phenoxy) is 1. The van der Waals surface area contributed by atoms with Crippen LogP contribution in [0, 0.1) is 6.92 Å². The number of aryl methyl sites for hydroxylation is 1. The van der Waals surface area contributed by atoms with Crippen LogP contribution in [-0.2, 0) is 0 Å². The fraction of sp³-hybridized carbons (Fsp3) is 0.133. The Morgan fingerprint density at radius 1 is 1.16 bits per heavy atom. The highest BCUT2D eigenvalue weighted by Crippen LogP contribution is 2.29. The van der Waals surface area contributed by atoms with Crippen molar-refractivity contribution < 1.29 is 14.6 Å². The lowest BCUT2D eigenvalue weighted by Gasteiger charge is -2.13. The predicted octanol–water partition coefficient (Wildman–Crippen LogP) is 3.45. The maximum absolute atomic E-state index is 11.2. The van der Waals surface area contributed by atoms with E-state index in [-0.39, 0.29) is 5.56 Å². The molecule has 2 aromatic rings. The van der Waals surface area contributed by atoms with Gasteiger partial charge in [0.2, 0.25) is 0 Å². The molecule has 2 aromatic carbocycles. The molecule has 0 saturated carbocycles. The molecule has 0 atom stereocenters. The third-order valence-electron chi connectivity index (χ3n) is 2.78. The van der Waals surface area contributed by atoms with Crippen LogP contribution in [0.3, 0.4) is 0 Å². The van der Waals surface area contributed by atoms with E-state index < -0.39 is 5.97 Å². The van der Waals surface area contributed by atoms with Crippen molar-refractivity contribution in [2.75, 3.05) is 12.4 Å². The maximum Gasteiger partial charge on any atom is 0.337 e. The SMILES string of the molecule is COc1ccc(C)cc1Nc1ccccc1C(=O)O. The van der Waals surface area contributed by atoms with Crippen molar-refractivity contribution in [2.45, 2.75) is 6.92 Å². The molecule has 0 unspecified atom stereocenters. The van der Waals surface area contributed by atoms with E-state index in [0.29, 0.717) is 11.4 Å². The summed E-state index contributed by atoms with van der Waals surface area (Å²) in [7, 11) is 1.58. The first-order chi connectivity index (χ1) is 9.11. The van der Waals surface area contributed by atoms with Gasteiger partial charge < -0.3 is 15.2 Å². The number of hydrogen-bond donors (Lipinski definition) is 2. The zero-order valence-electron chi connectivity index (χ0n) is 10.8. The molecule has 19 heavy (non-hydrogen) atoms. The zero-order chi connectivity index (χ0) is 13.8. The van der Waals surface area contributed by atoms with Crippen LogP contribution < -0.4 is 10.1 Å².